The van der Waals surface area contributed by atoms with E-state index in [0.717, 1.165) is 16.3 Å². The van der Waals surface area contributed by atoms with Crippen molar-refractivity contribution >= 4 is 32.7 Å². The quantitative estimate of drug-likeness (QED) is 0.866. The second kappa shape index (κ2) is 5.61. The molecule has 0 saturated carbocycles. The van der Waals surface area contributed by atoms with Crippen molar-refractivity contribution in [2.24, 2.45) is 11.7 Å². The monoisotopic (exact) mass is 349 g/mol. The fourth-order valence-corrected chi connectivity index (χ4v) is 3.14. The van der Waals surface area contributed by atoms with Crippen LogP contribution in [0.15, 0.2) is 33.5 Å². The van der Waals surface area contributed by atoms with E-state index in [0.29, 0.717) is 36.6 Å². The normalized spacial score (nSPS) is 18.4. The molecule has 1 aromatic heterocycles. The number of nitrogens with one attached hydrogen (secondary N) is 1. The van der Waals surface area contributed by atoms with Crippen LogP contribution >= 0.6 is 15.9 Å². The highest BCUT2D eigenvalue weighted by Crippen LogP contribution is 2.24. The Labute approximate surface area is 130 Å². The first kappa shape index (κ1) is 14.3. The molecule has 3 N–H and O–H groups in total. The van der Waals surface area contributed by atoms with Gasteiger partial charge in [0, 0.05) is 34.5 Å². The van der Waals surface area contributed by atoms with E-state index in [4.69, 9.17) is 5.73 Å². The lowest BCUT2D eigenvalue weighted by Crippen LogP contribution is -2.30. The Balaban J connectivity index is 2.05. The smallest absolute Gasteiger partial charge is 0.254 e. The summed E-state index contributed by atoms with van der Waals surface area (Å²) in [6, 6.07) is 6.87. The van der Waals surface area contributed by atoms with Crippen LogP contribution in [0.25, 0.3) is 10.9 Å². The molecule has 1 atom stereocenters. The summed E-state index contributed by atoms with van der Waals surface area (Å²) >= 11 is 3.41. The summed E-state index contributed by atoms with van der Waals surface area (Å²) in [5.74, 6) is 0.258. The van der Waals surface area contributed by atoms with Gasteiger partial charge in [-0.2, -0.15) is 0 Å². The van der Waals surface area contributed by atoms with Gasteiger partial charge in [0.25, 0.3) is 5.91 Å². The van der Waals surface area contributed by atoms with Crippen molar-refractivity contribution in [3.8, 4) is 0 Å². The number of aromatic amines is 1. The lowest BCUT2D eigenvalue weighted by atomic mass is 10.1. The number of likely N-dealkylation sites (tertiary alicyclic amines) is 1. The predicted octanol–water partition coefficient (Wildman–Crippen LogP) is 1.71. The Morgan fingerprint density at radius 3 is 2.95 bits per heavy atom. The highest BCUT2D eigenvalue weighted by atomic mass is 79.9. The Bertz CT molecular complexity index is 756. The summed E-state index contributed by atoms with van der Waals surface area (Å²) < 4.78 is 0.873. The van der Waals surface area contributed by atoms with E-state index in [1.165, 1.54) is 6.07 Å². The zero-order chi connectivity index (χ0) is 15.0. The second-order valence-corrected chi connectivity index (χ2v) is 6.29. The minimum Gasteiger partial charge on any atom is -0.338 e. The van der Waals surface area contributed by atoms with Gasteiger partial charge in [-0.15, -0.1) is 0 Å². The number of nitrogens with two attached hydrogens (primary N) is 1. The molecule has 6 heteroatoms. The SMILES string of the molecule is NCC1CCN(C(=O)c2cc(=O)[nH]c3ccc(Br)cc23)C1. The third-order valence-corrected chi connectivity index (χ3v) is 4.44. The minimum absolute atomic E-state index is 0.0971. The molecule has 1 aliphatic rings. The molecule has 1 amide bonds. The second-order valence-electron chi connectivity index (χ2n) is 5.38. The average molecular weight is 350 g/mol. The van der Waals surface area contributed by atoms with Crippen LogP contribution in [-0.2, 0) is 0 Å². The van der Waals surface area contributed by atoms with Crippen LogP contribution in [0.1, 0.15) is 16.8 Å². The number of carbonyl (C=O) groups is 1. The molecule has 0 bridgehead atoms. The first-order valence-electron chi connectivity index (χ1n) is 6.90. The van der Waals surface area contributed by atoms with Crippen LogP contribution in [0.3, 0.4) is 0 Å². The minimum atomic E-state index is -0.261. The highest BCUT2D eigenvalue weighted by Gasteiger charge is 2.27. The number of halogens is 1. The van der Waals surface area contributed by atoms with E-state index >= 15 is 0 Å². The molecule has 1 saturated heterocycles. The third-order valence-electron chi connectivity index (χ3n) is 3.94. The van der Waals surface area contributed by atoms with Crippen LogP contribution in [0.2, 0.25) is 0 Å². The summed E-state index contributed by atoms with van der Waals surface area (Å²) in [6.07, 6.45) is 0.924. The Morgan fingerprint density at radius 2 is 2.24 bits per heavy atom. The van der Waals surface area contributed by atoms with E-state index < -0.39 is 0 Å². The van der Waals surface area contributed by atoms with Gasteiger partial charge < -0.3 is 15.6 Å². The zero-order valence-corrected chi connectivity index (χ0v) is 13.0. The zero-order valence-electron chi connectivity index (χ0n) is 11.4. The third kappa shape index (κ3) is 2.73. The number of carbonyl (C=O) groups excluding carboxylic acids is 1. The molecule has 5 nitrogen and oxygen atoms in total. The summed E-state index contributed by atoms with van der Waals surface area (Å²) in [4.78, 5) is 29.0. The van der Waals surface area contributed by atoms with Crippen LogP contribution in [0.4, 0.5) is 0 Å². The number of pyridine rings is 1. The van der Waals surface area contributed by atoms with Gasteiger partial charge in [-0.25, -0.2) is 0 Å². The van der Waals surface area contributed by atoms with Crippen LogP contribution < -0.4 is 11.3 Å². The Kier molecular flexibility index (Phi) is 3.82. The van der Waals surface area contributed by atoms with E-state index in [9.17, 15) is 9.59 Å². The maximum absolute atomic E-state index is 12.7. The van der Waals surface area contributed by atoms with Crippen LogP contribution in [-0.4, -0.2) is 35.4 Å². The van der Waals surface area contributed by atoms with Gasteiger partial charge in [-0.1, -0.05) is 15.9 Å². The van der Waals surface area contributed by atoms with Gasteiger partial charge in [0.05, 0.1) is 5.56 Å². The van der Waals surface area contributed by atoms with Crippen molar-refractivity contribution in [3.63, 3.8) is 0 Å². The molecular formula is C15H16BrN3O2. The number of benzene rings is 1. The molecule has 0 spiro atoms. The lowest BCUT2D eigenvalue weighted by Gasteiger charge is -2.17. The topological polar surface area (TPSA) is 79.2 Å². The number of hydrogen-bond acceptors (Lipinski definition) is 3. The summed E-state index contributed by atoms with van der Waals surface area (Å²) in [6.45, 7) is 1.95. The standard InChI is InChI=1S/C15H16BrN3O2/c16-10-1-2-13-11(5-10)12(6-14(20)18-13)15(21)19-4-3-9(7-17)8-19/h1-2,5-6,9H,3-4,7-8,17H2,(H,18,20). The molecule has 0 aliphatic carbocycles. The molecule has 1 aliphatic heterocycles. The molecule has 1 aromatic carbocycles. The number of fused-ring (bicyclic) bond motifs is 1. The Hall–Kier alpha value is -1.66. The number of hydrogen-bond donors (Lipinski definition) is 2. The highest BCUT2D eigenvalue weighted by molar-refractivity contribution is 9.10. The average Bonchev–Trinajstić information content (AvgIpc) is 2.95. The molecule has 110 valence electrons. The van der Waals surface area contributed by atoms with E-state index in [1.54, 1.807) is 11.0 Å². The van der Waals surface area contributed by atoms with Crippen molar-refractivity contribution in [2.45, 2.75) is 6.42 Å². The number of amides is 1. The molecular weight excluding hydrogens is 334 g/mol. The van der Waals surface area contributed by atoms with Gasteiger partial charge in [0.15, 0.2) is 0 Å². The molecule has 3 rings (SSSR count). The Morgan fingerprint density at radius 1 is 1.43 bits per heavy atom. The van der Waals surface area contributed by atoms with Gasteiger partial charge in [0.2, 0.25) is 5.56 Å². The van der Waals surface area contributed by atoms with Crippen LogP contribution in [0, 0.1) is 5.92 Å². The van der Waals surface area contributed by atoms with Gasteiger partial charge in [-0.3, -0.25) is 9.59 Å². The number of H-pyrrole nitrogens is 1. The fraction of sp³-hybridized carbons (Fsp3) is 0.333. The molecule has 2 heterocycles. The predicted molar refractivity (Wildman–Crippen MR) is 85.3 cm³/mol. The maximum atomic E-state index is 12.7. The van der Waals surface area contributed by atoms with Gasteiger partial charge in [0.1, 0.15) is 0 Å². The number of nitrogens with zero attached hydrogens (tertiary/aromatic N) is 1. The summed E-state index contributed by atoms with van der Waals surface area (Å²) in [7, 11) is 0. The van der Waals surface area contributed by atoms with E-state index in [1.807, 2.05) is 12.1 Å². The van der Waals surface area contributed by atoms with E-state index in [2.05, 4.69) is 20.9 Å². The molecule has 2 aromatic rings. The molecule has 1 unspecified atom stereocenters. The first-order chi connectivity index (χ1) is 10.1. The first-order valence-corrected chi connectivity index (χ1v) is 7.69. The maximum Gasteiger partial charge on any atom is 0.254 e. The van der Waals surface area contributed by atoms with Crippen molar-refractivity contribution in [3.05, 3.63) is 44.7 Å². The molecule has 0 radical (unpaired) electrons. The summed E-state index contributed by atoms with van der Waals surface area (Å²) in [5.41, 5.74) is 6.53. The van der Waals surface area contributed by atoms with Crippen molar-refractivity contribution < 1.29 is 4.79 Å². The van der Waals surface area contributed by atoms with Crippen LogP contribution in [0.5, 0.6) is 0 Å². The lowest BCUT2D eigenvalue weighted by molar-refractivity contribution is 0.0789. The van der Waals surface area contributed by atoms with Crippen molar-refractivity contribution in [1.29, 1.82) is 0 Å². The number of rotatable bonds is 2. The molecule has 21 heavy (non-hydrogen) atoms. The molecule has 1 fully saturated rings. The van der Waals surface area contributed by atoms with Crippen molar-refractivity contribution in [1.82, 2.24) is 9.88 Å². The van der Waals surface area contributed by atoms with Gasteiger partial charge in [-0.05, 0) is 37.1 Å². The summed E-state index contributed by atoms with van der Waals surface area (Å²) in [5, 5.41) is 0.755. The van der Waals surface area contributed by atoms with E-state index in [-0.39, 0.29) is 11.5 Å². The van der Waals surface area contributed by atoms with Gasteiger partial charge >= 0.3 is 0 Å². The fourth-order valence-electron chi connectivity index (χ4n) is 2.78. The van der Waals surface area contributed by atoms with Crippen molar-refractivity contribution in [2.75, 3.05) is 19.6 Å². The largest absolute Gasteiger partial charge is 0.338 e. The number of aromatic nitrogens is 1.